The minimum atomic E-state index is -3.27. The van der Waals surface area contributed by atoms with Crippen LogP contribution in [0.5, 0.6) is 0 Å². The van der Waals surface area contributed by atoms with Crippen LogP contribution < -0.4 is 0 Å². The summed E-state index contributed by atoms with van der Waals surface area (Å²) >= 11 is 0. The number of hydrogen-bond acceptors (Lipinski definition) is 7. The molecular formula is C26H24F2N6O2S. The SMILES string of the molecule is CC1(C)[C@H]2CC[C@@]1(c1cccc(-c3n[nH]c(CS(C)(=O)=O)n3)n1)c1nnc(-c3c(F)cccc3F)cc12. The lowest BCUT2D eigenvalue weighted by Crippen LogP contribution is -2.37. The average molecular weight is 523 g/mol. The molecule has 37 heavy (non-hydrogen) atoms. The van der Waals surface area contributed by atoms with Gasteiger partial charge in [0.25, 0.3) is 0 Å². The molecule has 190 valence electrons. The second-order valence-electron chi connectivity index (χ2n) is 10.4. The molecule has 8 nitrogen and oxygen atoms in total. The van der Waals surface area contributed by atoms with Gasteiger partial charge in [0.2, 0.25) is 0 Å². The van der Waals surface area contributed by atoms with Gasteiger partial charge in [-0.3, -0.25) is 5.10 Å². The molecule has 2 aliphatic rings. The fraction of sp³-hybridized carbons (Fsp3) is 0.346. The van der Waals surface area contributed by atoms with E-state index in [0.29, 0.717) is 11.5 Å². The van der Waals surface area contributed by atoms with E-state index in [1.54, 1.807) is 12.1 Å². The Morgan fingerprint density at radius 2 is 1.76 bits per heavy atom. The number of halogens is 2. The van der Waals surface area contributed by atoms with Crippen LogP contribution in [0.25, 0.3) is 22.8 Å². The van der Waals surface area contributed by atoms with E-state index in [2.05, 4.69) is 39.2 Å². The number of rotatable bonds is 5. The molecule has 2 atom stereocenters. The van der Waals surface area contributed by atoms with Crippen molar-refractivity contribution in [2.75, 3.05) is 6.26 Å². The van der Waals surface area contributed by atoms with Crippen LogP contribution in [-0.4, -0.2) is 45.0 Å². The zero-order chi connectivity index (χ0) is 26.2. The Bertz CT molecular complexity index is 1650. The quantitative estimate of drug-likeness (QED) is 0.414. The third-order valence-corrected chi connectivity index (χ3v) is 8.74. The van der Waals surface area contributed by atoms with Gasteiger partial charge in [-0.15, -0.1) is 5.10 Å². The summed E-state index contributed by atoms with van der Waals surface area (Å²) < 4.78 is 52.3. The van der Waals surface area contributed by atoms with Crippen molar-refractivity contribution >= 4 is 9.84 Å². The fourth-order valence-corrected chi connectivity index (χ4v) is 6.90. The summed E-state index contributed by atoms with van der Waals surface area (Å²) in [5.41, 5.74) is 2.14. The number of nitrogens with zero attached hydrogens (tertiary/aromatic N) is 5. The molecule has 0 aliphatic heterocycles. The zero-order valence-corrected chi connectivity index (χ0v) is 21.3. The minimum absolute atomic E-state index is 0.113. The lowest BCUT2D eigenvalue weighted by atomic mass is 9.66. The molecule has 2 aliphatic carbocycles. The standard InChI is InChI=1S/C26H24F2N6O2S/c1-25(2)15-10-11-26(25,23-14(15)12-19(31-33-23)22-16(27)6-4-7-17(22)28)20-9-5-8-18(29-20)24-30-21(32-34-24)13-37(3,35)36/h4-9,12,15H,10-11,13H2,1-3H3,(H,30,32,34)/t15-,26+/m0/s1. The first kappa shape index (κ1) is 23.8. The number of benzene rings is 1. The predicted molar refractivity (Wildman–Crippen MR) is 132 cm³/mol. The number of hydrogen-bond donors (Lipinski definition) is 1. The van der Waals surface area contributed by atoms with Crippen molar-refractivity contribution in [1.82, 2.24) is 30.4 Å². The number of H-pyrrole nitrogens is 1. The Labute approximate surface area is 212 Å². The van der Waals surface area contributed by atoms with Crippen LogP contribution in [0, 0.1) is 17.0 Å². The molecule has 6 rings (SSSR count). The number of pyridine rings is 1. The summed E-state index contributed by atoms with van der Waals surface area (Å²) in [5.74, 6) is -0.938. The van der Waals surface area contributed by atoms with Crippen molar-refractivity contribution in [2.24, 2.45) is 5.41 Å². The smallest absolute Gasteiger partial charge is 0.199 e. The molecule has 11 heteroatoms. The van der Waals surface area contributed by atoms with Crippen LogP contribution in [-0.2, 0) is 21.0 Å². The van der Waals surface area contributed by atoms with Crippen LogP contribution in [0.4, 0.5) is 8.78 Å². The summed E-state index contributed by atoms with van der Waals surface area (Å²) in [7, 11) is -3.27. The number of nitrogens with one attached hydrogen (secondary N) is 1. The van der Waals surface area contributed by atoms with Gasteiger partial charge in [0, 0.05) is 6.26 Å². The van der Waals surface area contributed by atoms with Crippen LogP contribution in [0.15, 0.2) is 42.5 Å². The molecule has 3 heterocycles. The van der Waals surface area contributed by atoms with E-state index in [4.69, 9.17) is 4.98 Å². The van der Waals surface area contributed by atoms with Gasteiger partial charge in [0.05, 0.1) is 28.1 Å². The van der Waals surface area contributed by atoms with Gasteiger partial charge in [-0.1, -0.05) is 26.0 Å². The minimum Gasteiger partial charge on any atom is -0.262 e. The Morgan fingerprint density at radius 1 is 1.03 bits per heavy atom. The predicted octanol–water partition coefficient (Wildman–Crippen LogP) is 4.35. The van der Waals surface area contributed by atoms with Crippen LogP contribution in [0.3, 0.4) is 0 Å². The molecule has 1 saturated carbocycles. The van der Waals surface area contributed by atoms with Gasteiger partial charge >= 0.3 is 0 Å². The monoisotopic (exact) mass is 522 g/mol. The average Bonchev–Trinajstić information content (AvgIpc) is 3.45. The number of aromatic nitrogens is 6. The van der Waals surface area contributed by atoms with Gasteiger partial charge in [0.15, 0.2) is 15.7 Å². The van der Waals surface area contributed by atoms with Crippen LogP contribution in [0.2, 0.25) is 0 Å². The second kappa shape index (κ2) is 7.95. The fourth-order valence-electron chi connectivity index (χ4n) is 6.28. The third kappa shape index (κ3) is 3.51. The molecular weight excluding hydrogens is 498 g/mol. The van der Waals surface area contributed by atoms with E-state index in [1.165, 1.54) is 18.2 Å². The van der Waals surface area contributed by atoms with Crippen molar-refractivity contribution in [3.63, 3.8) is 0 Å². The van der Waals surface area contributed by atoms with Crippen molar-refractivity contribution in [3.8, 4) is 22.8 Å². The van der Waals surface area contributed by atoms with Gasteiger partial charge in [0.1, 0.15) is 28.9 Å². The zero-order valence-electron chi connectivity index (χ0n) is 20.5. The molecule has 3 aromatic heterocycles. The normalized spacial score (nSPS) is 21.8. The number of fused-ring (bicyclic) bond motifs is 5. The number of sulfone groups is 1. The van der Waals surface area contributed by atoms with Gasteiger partial charge in [-0.2, -0.15) is 10.2 Å². The largest absolute Gasteiger partial charge is 0.262 e. The Hall–Kier alpha value is -3.60. The maximum atomic E-state index is 14.5. The van der Waals surface area contributed by atoms with Crippen LogP contribution >= 0.6 is 0 Å². The highest BCUT2D eigenvalue weighted by atomic mass is 32.2. The van der Waals surface area contributed by atoms with Crippen molar-refractivity contribution < 1.29 is 17.2 Å². The van der Waals surface area contributed by atoms with Gasteiger partial charge < -0.3 is 0 Å². The summed E-state index contributed by atoms with van der Waals surface area (Å²) in [5, 5.41) is 15.7. The highest BCUT2D eigenvalue weighted by Gasteiger charge is 2.65. The van der Waals surface area contributed by atoms with E-state index in [1.807, 2.05) is 12.1 Å². The van der Waals surface area contributed by atoms with Crippen molar-refractivity contribution in [2.45, 2.75) is 43.8 Å². The lowest BCUT2D eigenvalue weighted by molar-refractivity contribution is 0.243. The van der Waals surface area contributed by atoms with E-state index >= 15 is 0 Å². The first-order chi connectivity index (χ1) is 17.5. The van der Waals surface area contributed by atoms with E-state index < -0.39 is 26.9 Å². The molecule has 2 bridgehead atoms. The molecule has 4 aromatic rings. The summed E-state index contributed by atoms with van der Waals surface area (Å²) in [6.45, 7) is 4.34. The molecule has 0 saturated heterocycles. The summed E-state index contributed by atoms with van der Waals surface area (Å²) in [6.07, 6.45) is 2.80. The molecule has 0 radical (unpaired) electrons. The Morgan fingerprint density at radius 3 is 2.49 bits per heavy atom. The van der Waals surface area contributed by atoms with E-state index in [-0.39, 0.29) is 34.2 Å². The Kier molecular flexibility index (Phi) is 5.11. The molecule has 1 aromatic carbocycles. The van der Waals surface area contributed by atoms with E-state index in [0.717, 1.165) is 36.0 Å². The first-order valence-electron chi connectivity index (χ1n) is 11.9. The second-order valence-corrected chi connectivity index (χ2v) is 12.6. The lowest BCUT2D eigenvalue weighted by Gasteiger charge is -2.37. The van der Waals surface area contributed by atoms with Gasteiger partial charge in [-0.25, -0.2) is 27.2 Å². The van der Waals surface area contributed by atoms with E-state index in [9.17, 15) is 17.2 Å². The molecule has 1 fully saturated rings. The van der Waals surface area contributed by atoms with Crippen molar-refractivity contribution in [3.05, 3.63) is 76.9 Å². The highest BCUT2D eigenvalue weighted by molar-refractivity contribution is 7.89. The maximum Gasteiger partial charge on any atom is 0.199 e. The highest BCUT2D eigenvalue weighted by Crippen LogP contribution is 2.69. The van der Waals surface area contributed by atoms with Gasteiger partial charge in [-0.05, 0) is 60.1 Å². The Balaban J connectivity index is 1.45. The van der Waals surface area contributed by atoms with Crippen LogP contribution in [0.1, 0.15) is 55.4 Å². The molecule has 0 unspecified atom stereocenters. The number of aromatic amines is 1. The molecule has 0 spiro atoms. The topological polar surface area (TPSA) is 114 Å². The third-order valence-electron chi connectivity index (χ3n) is 7.95. The molecule has 0 amide bonds. The molecule has 1 N–H and O–H groups in total. The summed E-state index contributed by atoms with van der Waals surface area (Å²) in [6, 6.07) is 11.1. The first-order valence-corrected chi connectivity index (χ1v) is 14.0. The van der Waals surface area contributed by atoms with Crippen molar-refractivity contribution in [1.29, 1.82) is 0 Å². The maximum absolute atomic E-state index is 14.5. The summed E-state index contributed by atoms with van der Waals surface area (Å²) in [4.78, 5) is 9.25.